The SMILES string of the molecule is CSCCC1(C(=O)O)CC1. The lowest BCUT2D eigenvalue weighted by Gasteiger charge is -2.06. The Hall–Kier alpha value is -0.180. The summed E-state index contributed by atoms with van der Waals surface area (Å²) in [4.78, 5) is 10.6. The van der Waals surface area contributed by atoms with Gasteiger partial charge in [-0.3, -0.25) is 4.79 Å². The van der Waals surface area contributed by atoms with Crippen LogP contribution in [0.5, 0.6) is 0 Å². The van der Waals surface area contributed by atoms with Crippen molar-refractivity contribution in [1.29, 1.82) is 0 Å². The van der Waals surface area contributed by atoms with Crippen LogP contribution in [0.25, 0.3) is 0 Å². The van der Waals surface area contributed by atoms with Gasteiger partial charge in [0.1, 0.15) is 0 Å². The normalized spacial score (nSPS) is 20.5. The summed E-state index contributed by atoms with van der Waals surface area (Å²) in [6.45, 7) is 0. The Labute approximate surface area is 65.0 Å². The second-order valence-electron chi connectivity index (χ2n) is 2.83. The number of thioether (sulfide) groups is 1. The fourth-order valence-corrected chi connectivity index (χ4v) is 1.61. The zero-order chi connectivity index (χ0) is 7.61. The Bertz CT molecular complexity index is 141. The van der Waals surface area contributed by atoms with E-state index in [1.807, 2.05) is 6.26 Å². The van der Waals surface area contributed by atoms with E-state index in [0.29, 0.717) is 0 Å². The molecule has 0 unspecified atom stereocenters. The van der Waals surface area contributed by atoms with Crippen LogP contribution in [0.15, 0.2) is 0 Å². The van der Waals surface area contributed by atoms with Crippen LogP contribution < -0.4 is 0 Å². The molecule has 1 aliphatic carbocycles. The van der Waals surface area contributed by atoms with Gasteiger partial charge >= 0.3 is 5.97 Å². The number of hydrogen-bond donors (Lipinski definition) is 1. The summed E-state index contributed by atoms with van der Waals surface area (Å²) in [6.07, 6.45) is 4.65. The molecule has 10 heavy (non-hydrogen) atoms. The van der Waals surface area contributed by atoms with Gasteiger partial charge in [-0.1, -0.05) is 0 Å². The lowest BCUT2D eigenvalue weighted by Crippen LogP contribution is -2.15. The average molecular weight is 160 g/mol. The second-order valence-corrected chi connectivity index (χ2v) is 3.81. The minimum absolute atomic E-state index is 0.303. The molecule has 0 spiro atoms. The molecule has 1 aliphatic rings. The van der Waals surface area contributed by atoms with E-state index in [9.17, 15) is 4.79 Å². The molecule has 1 fully saturated rings. The molecule has 0 atom stereocenters. The molecule has 0 aromatic heterocycles. The third-order valence-electron chi connectivity index (χ3n) is 2.09. The molecule has 3 heteroatoms. The summed E-state index contributed by atoms with van der Waals surface area (Å²) in [7, 11) is 0. The van der Waals surface area contributed by atoms with Crippen LogP contribution in [0.3, 0.4) is 0 Å². The predicted molar refractivity (Wildman–Crippen MR) is 42.3 cm³/mol. The molecule has 0 amide bonds. The Balaban J connectivity index is 2.31. The van der Waals surface area contributed by atoms with E-state index in [2.05, 4.69) is 0 Å². The molecule has 1 rings (SSSR count). The molecular weight excluding hydrogens is 148 g/mol. The Morgan fingerprint density at radius 1 is 1.70 bits per heavy atom. The maximum atomic E-state index is 10.6. The molecule has 1 N–H and O–H groups in total. The first-order valence-electron chi connectivity index (χ1n) is 3.44. The van der Waals surface area contributed by atoms with E-state index < -0.39 is 5.97 Å². The Morgan fingerprint density at radius 2 is 2.30 bits per heavy atom. The van der Waals surface area contributed by atoms with Crippen molar-refractivity contribution in [3.05, 3.63) is 0 Å². The van der Waals surface area contributed by atoms with E-state index >= 15 is 0 Å². The molecule has 1 saturated carbocycles. The summed E-state index contributed by atoms with van der Waals surface area (Å²) < 4.78 is 0. The van der Waals surface area contributed by atoms with E-state index in [0.717, 1.165) is 25.0 Å². The van der Waals surface area contributed by atoms with Crippen molar-refractivity contribution in [3.63, 3.8) is 0 Å². The average Bonchev–Trinajstić information content (AvgIpc) is 2.64. The van der Waals surface area contributed by atoms with Crippen molar-refractivity contribution in [2.45, 2.75) is 19.3 Å². The first kappa shape index (κ1) is 7.92. The fraction of sp³-hybridized carbons (Fsp3) is 0.857. The van der Waals surface area contributed by atoms with Crippen LogP contribution in [0.4, 0.5) is 0 Å². The number of hydrogen-bond acceptors (Lipinski definition) is 2. The molecule has 0 aliphatic heterocycles. The summed E-state index contributed by atoms with van der Waals surface area (Å²) in [5.41, 5.74) is -0.303. The standard InChI is InChI=1S/C7H12O2S/c1-10-5-4-7(2-3-7)6(8)9/h2-5H2,1H3,(H,8,9). The van der Waals surface area contributed by atoms with Crippen LogP contribution in [0, 0.1) is 5.41 Å². The van der Waals surface area contributed by atoms with Crippen molar-refractivity contribution in [1.82, 2.24) is 0 Å². The quantitative estimate of drug-likeness (QED) is 0.678. The number of carboxylic acid groups (broad SMARTS) is 1. The molecule has 0 aromatic carbocycles. The zero-order valence-corrected chi connectivity index (χ0v) is 6.91. The van der Waals surface area contributed by atoms with Crippen molar-refractivity contribution >= 4 is 17.7 Å². The molecule has 0 bridgehead atoms. The van der Waals surface area contributed by atoms with Gasteiger partial charge in [-0.2, -0.15) is 11.8 Å². The van der Waals surface area contributed by atoms with Gasteiger partial charge in [0.25, 0.3) is 0 Å². The zero-order valence-electron chi connectivity index (χ0n) is 6.09. The van der Waals surface area contributed by atoms with Crippen molar-refractivity contribution < 1.29 is 9.90 Å². The van der Waals surface area contributed by atoms with Crippen molar-refractivity contribution in [3.8, 4) is 0 Å². The number of carbonyl (C=O) groups is 1. The minimum atomic E-state index is -0.596. The lowest BCUT2D eigenvalue weighted by atomic mass is 10.1. The van der Waals surface area contributed by atoms with Crippen LogP contribution in [-0.4, -0.2) is 23.1 Å². The topological polar surface area (TPSA) is 37.3 Å². The van der Waals surface area contributed by atoms with Crippen LogP contribution in [0.2, 0.25) is 0 Å². The predicted octanol–water partition coefficient (Wildman–Crippen LogP) is 1.60. The van der Waals surface area contributed by atoms with Gasteiger partial charge < -0.3 is 5.11 Å². The van der Waals surface area contributed by atoms with Gasteiger partial charge in [-0.25, -0.2) is 0 Å². The first-order valence-corrected chi connectivity index (χ1v) is 4.83. The molecule has 58 valence electrons. The molecule has 0 heterocycles. The highest BCUT2D eigenvalue weighted by Crippen LogP contribution is 2.49. The number of carboxylic acids is 1. The number of rotatable bonds is 4. The maximum Gasteiger partial charge on any atom is 0.309 e. The Morgan fingerprint density at radius 3 is 2.60 bits per heavy atom. The highest BCUT2D eigenvalue weighted by Gasteiger charge is 2.49. The van der Waals surface area contributed by atoms with Gasteiger partial charge in [0.15, 0.2) is 0 Å². The van der Waals surface area contributed by atoms with Gasteiger partial charge in [-0.15, -0.1) is 0 Å². The van der Waals surface area contributed by atoms with Gasteiger partial charge in [0, 0.05) is 0 Å². The first-order chi connectivity index (χ1) is 4.71. The third-order valence-corrected chi connectivity index (χ3v) is 2.70. The molecule has 0 radical (unpaired) electrons. The van der Waals surface area contributed by atoms with E-state index in [4.69, 9.17) is 5.11 Å². The summed E-state index contributed by atoms with van der Waals surface area (Å²) in [5, 5.41) is 8.72. The van der Waals surface area contributed by atoms with Gasteiger partial charge in [0.2, 0.25) is 0 Å². The van der Waals surface area contributed by atoms with Crippen LogP contribution in [-0.2, 0) is 4.79 Å². The van der Waals surface area contributed by atoms with E-state index in [-0.39, 0.29) is 5.41 Å². The smallest absolute Gasteiger partial charge is 0.309 e. The van der Waals surface area contributed by atoms with Crippen LogP contribution >= 0.6 is 11.8 Å². The van der Waals surface area contributed by atoms with Gasteiger partial charge in [0.05, 0.1) is 5.41 Å². The monoisotopic (exact) mass is 160 g/mol. The highest BCUT2D eigenvalue weighted by atomic mass is 32.2. The number of aliphatic carboxylic acids is 1. The van der Waals surface area contributed by atoms with Crippen LogP contribution in [0.1, 0.15) is 19.3 Å². The molecule has 2 nitrogen and oxygen atoms in total. The van der Waals surface area contributed by atoms with Crippen molar-refractivity contribution in [2.75, 3.05) is 12.0 Å². The summed E-state index contributed by atoms with van der Waals surface area (Å²) in [6, 6.07) is 0. The summed E-state index contributed by atoms with van der Waals surface area (Å²) >= 11 is 1.72. The maximum absolute atomic E-state index is 10.6. The Kier molecular flexibility index (Phi) is 2.24. The summed E-state index contributed by atoms with van der Waals surface area (Å²) in [5.74, 6) is 0.383. The minimum Gasteiger partial charge on any atom is -0.481 e. The van der Waals surface area contributed by atoms with E-state index in [1.54, 1.807) is 11.8 Å². The van der Waals surface area contributed by atoms with Crippen molar-refractivity contribution in [2.24, 2.45) is 5.41 Å². The molecular formula is C7H12O2S. The third kappa shape index (κ3) is 1.45. The molecule has 0 saturated heterocycles. The largest absolute Gasteiger partial charge is 0.481 e. The fourth-order valence-electron chi connectivity index (χ4n) is 1.02. The van der Waals surface area contributed by atoms with E-state index in [1.165, 1.54) is 0 Å². The highest BCUT2D eigenvalue weighted by molar-refractivity contribution is 7.98. The van der Waals surface area contributed by atoms with Gasteiger partial charge in [-0.05, 0) is 31.3 Å². The lowest BCUT2D eigenvalue weighted by molar-refractivity contribution is -0.143. The molecule has 0 aromatic rings. The second kappa shape index (κ2) is 2.82.